The summed E-state index contributed by atoms with van der Waals surface area (Å²) in [5, 5.41) is 8.97. The van der Waals surface area contributed by atoms with Crippen LogP contribution in [0, 0.1) is 0 Å². The van der Waals surface area contributed by atoms with E-state index in [0.717, 1.165) is 61.6 Å². The van der Waals surface area contributed by atoms with Crippen molar-refractivity contribution in [2.24, 2.45) is 0 Å². The van der Waals surface area contributed by atoms with E-state index in [-0.39, 0.29) is 11.8 Å². The Morgan fingerprint density at radius 1 is 1.11 bits per heavy atom. The number of carbonyl (C=O) groups is 1. The predicted octanol–water partition coefficient (Wildman–Crippen LogP) is 2.90. The molecule has 2 aliphatic rings. The standard InChI is InChI=1S/C20H24N6O/c27-20(14-7-8-16-17(11-14)22-13-21-16)25-9-4-5-15(12-25)19-24-23-18-6-2-1-3-10-26(18)19/h7-8,11,13,15H,1-6,9-10,12H2,(H,21,22)/t15-/m1/s1. The Bertz CT molecular complexity index is 974. The summed E-state index contributed by atoms with van der Waals surface area (Å²) in [6.07, 6.45) is 8.40. The number of nitrogens with zero attached hydrogens (tertiary/aromatic N) is 5. The lowest BCUT2D eigenvalue weighted by Gasteiger charge is -2.32. The predicted molar refractivity (Wildman–Crippen MR) is 102 cm³/mol. The highest BCUT2D eigenvalue weighted by atomic mass is 16.2. The Kier molecular flexibility index (Phi) is 4.14. The fourth-order valence-corrected chi connectivity index (χ4v) is 4.43. The Morgan fingerprint density at radius 3 is 3.04 bits per heavy atom. The lowest BCUT2D eigenvalue weighted by atomic mass is 9.96. The van der Waals surface area contributed by atoms with Gasteiger partial charge in [-0.15, -0.1) is 10.2 Å². The lowest BCUT2D eigenvalue weighted by molar-refractivity contribution is 0.0703. The highest BCUT2D eigenvalue weighted by Gasteiger charge is 2.30. The minimum Gasteiger partial charge on any atom is -0.345 e. The van der Waals surface area contributed by atoms with Crippen molar-refractivity contribution in [3.63, 3.8) is 0 Å². The second kappa shape index (κ2) is 6.79. The maximum absolute atomic E-state index is 13.1. The van der Waals surface area contributed by atoms with Crippen LogP contribution in [0.4, 0.5) is 0 Å². The number of imidazole rings is 1. The normalized spacial score (nSPS) is 20.4. The number of piperidine rings is 1. The first-order chi connectivity index (χ1) is 13.3. The van der Waals surface area contributed by atoms with Gasteiger partial charge in [0.1, 0.15) is 11.6 Å². The van der Waals surface area contributed by atoms with E-state index in [1.807, 2.05) is 23.1 Å². The molecular weight excluding hydrogens is 340 g/mol. The summed E-state index contributed by atoms with van der Waals surface area (Å²) in [7, 11) is 0. The zero-order chi connectivity index (χ0) is 18.2. The van der Waals surface area contributed by atoms with Gasteiger partial charge in [0.25, 0.3) is 5.91 Å². The molecule has 1 fully saturated rings. The van der Waals surface area contributed by atoms with Crippen LogP contribution >= 0.6 is 0 Å². The van der Waals surface area contributed by atoms with Crippen molar-refractivity contribution in [3.8, 4) is 0 Å². The lowest BCUT2D eigenvalue weighted by Crippen LogP contribution is -2.39. The van der Waals surface area contributed by atoms with E-state index in [9.17, 15) is 4.79 Å². The van der Waals surface area contributed by atoms with E-state index in [1.165, 1.54) is 19.3 Å². The zero-order valence-electron chi connectivity index (χ0n) is 15.4. The number of rotatable bonds is 2. The second-order valence-electron chi connectivity index (χ2n) is 7.66. The molecule has 1 aromatic carbocycles. The van der Waals surface area contributed by atoms with Gasteiger partial charge in [-0.2, -0.15) is 0 Å². The molecule has 1 N–H and O–H groups in total. The van der Waals surface area contributed by atoms with Crippen molar-refractivity contribution in [3.05, 3.63) is 41.7 Å². The average molecular weight is 364 g/mol. The van der Waals surface area contributed by atoms with Crippen LogP contribution in [0.15, 0.2) is 24.5 Å². The number of aromatic nitrogens is 5. The van der Waals surface area contributed by atoms with E-state index >= 15 is 0 Å². The van der Waals surface area contributed by atoms with Crippen molar-refractivity contribution < 1.29 is 4.79 Å². The Labute approximate surface area is 157 Å². The van der Waals surface area contributed by atoms with Gasteiger partial charge in [-0.25, -0.2) is 4.98 Å². The molecule has 1 saturated heterocycles. The fraction of sp³-hybridized carbons (Fsp3) is 0.500. The van der Waals surface area contributed by atoms with Gasteiger partial charge in [-0.05, 0) is 43.9 Å². The van der Waals surface area contributed by atoms with Crippen molar-refractivity contribution in [2.75, 3.05) is 13.1 Å². The molecule has 27 heavy (non-hydrogen) atoms. The number of hydrogen-bond acceptors (Lipinski definition) is 4. The third-order valence-corrected chi connectivity index (χ3v) is 5.88. The summed E-state index contributed by atoms with van der Waals surface area (Å²) in [5.74, 6) is 2.56. The van der Waals surface area contributed by atoms with Crippen LogP contribution in [-0.2, 0) is 13.0 Å². The number of aryl methyl sites for hydroxylation is 1. The molecule has 4 heterocycles. The van der Waals surface area contributed by atoms with E-state index in [4.69, 9.17) is 0 Å². The van der Waals surface area contributed by atoms with Gasteiger partial charge in [-0.1, -0.05) is 6.42 Å². The van der Waals surface area contributed by atoms with E-state index in [0.29, 0.717) is 5.56 Å². The van der Waals surface area contributed by atoms with E-state index in [2.05, 4.69) is 24.7 Å². The summed E-state index contributed by atoms with van der Waals surface area (Å²) in [6.45, 7) is 2.54. The molecular formula is C20H24N6O. The monoisotopic (exact) mass is 364 g/mol. The third kappa shape index (κ3) is 3.01. The van der Waals surface area contributed by atoms with Gasteiger partial charge in [0.2, 0.25) is 0 Å². The van der Waals surface area contributed by atoms with Crippen molar-refractivity contribution >= 4 is 16.9 Å². The van der Waals surface area contributed by atoms with E-state index < -0.39 is 0 Å². The zero-order valence-corrected chi connectivity index (χ0v) is 15.4. The highest BCUT2D eigenvalue weighted by molar-refractivity contribution is 5.97. The summed E-state index contributed by atoms with van der Waals surface area (Å²) in [6, 6.07) is 5.68. The summed E-state index contributed by atoms with van der Waals surface area (Å²) in [5.41, 5.74) is 2.50. The van der Waals surface area contributed by atoms with E-state index in [1.54, 1.807) is 6.33 Å². The molecule has 0 bridgehead atoms. The number of nitrogens with one attached hydrogen (secondary N) is 1. The number of carbonyl (C=O) groups excluding carboxylic acids is 1. The average Bonchev–Trinajstić information content (AvgIpc) is 3.28. The second-order valence-corrected chi connectivity index (χ2v) is 7.66. The molecule has 7 heteroatoms. The van der Waals surface area contributed by atoms with Gasteiger partial charge in [0, 0.05) is 37.5 Å². The number of hydrogen-bond donors (Lipinski definition) is 1. The van der Waals surface area contributed by atoms with Crippen LogP contribution in [-0.4, -0.2) is 48.6 Å². The minimum atomic E-state index is 0.0896. The molecule has 1 amide bonds. The van der Waals surface area contributed by atoms with Gasteiger partial charge in [-0.3, -0.25) is 4.79 Å². The molecule has 7 nitrogen and oxygen atoms in total. The van der Waals surface area contributed by atoms with Gasteiger partial charge in [0.05, 0.1) is 17.4 Å². The van der Waals surface area contributed by atoms with Crippen LogP contribution in [0.5, 0.6) is 0 Å². The number of amides is 1. The van der Waals surface area contributed by atoms with Crippen LogP contribution in [0.2, 0.25) is 0 Å². The van der Waals surface area contributed by atoms with Crippen LogP contribution in [0.25, 0.3) is 11.0 Å². The molecule has 0 radical (unpaired) electrons. The number of aromatic amines is 1. The molecule has 3 aromatic rings. The van der Waals surface area contributed by atoms with Crippen molar-refractivity contribution in [2.45, 2.75) is 51.0 Å². The molecule has 0 aliphatic carbocycles. The number of H-pyrrole nitrogens is 1. The topological polar surface area (TPSA) is 79.7 Å². The Morgan fingerprint density at radius 2 is 2.07 bits per heavy atom. The summed E-state index contributed by atoms with van der Waals surface area (Å²) in [4.78, 5) is 22.4. The first kappa shape index (κ1) is 16.5. The number of benzene rings is 1. The number of fused-ring (bicyclic) bond motifs is 2. The van der Waals surface area contributed by atoms with Gasteiger partial charge < -0.3 is 14.5 Å². The minimum absolute atomic E-state index is 0.0896. The Hall–Kier alpha value is -2.70. The molecule has 2 aromatic heterocycles. The first-order valence-electron chi connectivity index (χ1n) is 9.94. The Balaban J connectivity index is 1.37. The largest absolute Gasteiger partial charge is 0.345 e. The maximum atomic E-state index is 13.1. The molecule has 5 rings (SSSR count). The van der Waals surface area contributed by atoms with Crippen LogP contribution in [0.3, 0.4) is 0 Å². The van der Waals surface area contributed by atoms with Crippen molar-refractivity contribution in [1.29, 1.82) is 0 Å². The molecule has 140 valence electrons. The summed E-state index contributed by atoms with van der Waals surface area (Å²) >= 11 is 0. The molecule has 2 aliphatic heterocycles. The summed E-state index contributed by atoms with van der Waals surface area (Å²) < 4.78 is 2.32. The quantitative estimate of drug-likeness (QED) is 0.758. The smallest absolute Gasteiger partial charge is 0.253 e. The first-order valence-corrected chi connectivity index (χ1v) is 9.94. The SMILES string of the molecule is O=C(c1ccc2nc[nH]c2c1)N1CCC[C@@H](c2nnc3n2CCCCC3)C1. The molecule has 0 saturated carbocycles. The highest BCUT2D eigenvalue weighted by Crippen LogP contribution is 2.29. The number of likely N-dealkylation sites (tertiary alicyclic amines) is 1. The fourth-order valence-electron chi connectivity index (χ4n) is 4.43. The molecule has 0 unspecified atom stereocenters. The maximum Gasteiger partial charge on any atom is 0.253 e. The third-order valence-electron chi connectivity index (χ3n) is 5.88. The van der Waals surface area contributed by atoms with Gasteiger partial charge >= 0.3 is 0 Å². The van der Waals surface area contributed by atoms with Gasteiger partial charge in [0.15, 0.2) is 0 Å². The van der Waals surface area contributed by atoms with Crippen molar-refractivity contribution in [1.82, 2.24) is 29.6 Å². The van der Waals surface area contributed by atoms with Crippen LogP contribution in [0.1, 0.15) is 60.0 Å². The molecule has 0 spiro atoms. The van der Waals surface area contributed by atoms with Crippen LogP contribution < -0.4 is 0 Å². The molecule has 1 atom stereocenters.